The summed E-state index contributed by atoms with van der Waals surface area (Å²) in [6.45, 7) is 4.05. The van der Waals surface area contributed by atoms with Gasteiger partial charge in [-0.05, 0) is 49.1 Å². The molecule has 4 rings (SSSR count). The van der Waals surface area contributed by atoms with Gasteiger partial charge in [0.2, 0.25) is 5.91 Å². The van der Waals surface area contributed by atoms with E-state index in [-0.39, 0.29) is 11.8 Å². The molecule has 1 saturated carbocycles. The van der Waals surface area contributed by atoms with Gasteiger partial charge in [-0.1, -0.05) is 24.3 Å². The van der Waals surface area contributed by atoms with Gasteiger partial charge in [0.25, 0.3) is 5.91 Å². The first kappa shape index (κ1) is 19.7. The number of carbonyl (C=O) groups is 2. The van der Waals surface area contributed by atoms with Crippen LogP contribution in [0.3, 0.4) is 0 Å². The number of amides is 2. The number of aryl methyl sites for hydroxylation is 1. The molecular weight excluding hydrogens is 364 g/mol. The molecule has 2 aromatic rings. The van der Waals surface area contributed by atoms with E-state index in [1.54, 1.807) is 17.7 Å². The van der Waals surface area contributed by atoms with E-state index in [2.05, 4.69) is 29.2 Å². The highest BCUT2D eigenvalue weighted by Crippen LogP contribution is 2.30. The highest BCUT2D eigenvalue weighted by atomic mass is 16.2. The molecule has 0 radical (unpaired) electrons. The Labute approximate surface area is 172 Å². The van der Waals surface area contributed by atoms with Crippen molar-refractivity contribution in [3.8, 4) is 0 Å². The van der Waals surface area contributed by atoms with Gasteiger partial charge >= 0.3 is 0 Å². The van der Waals surface area contributed by atoms with Crippen molar-refractivity contribution in [1.29, 1.82) is 0 Å². The van der Waals surface area contributed by atoms with E-state index in [9.17, 15) is 9.59 Å². The lowest BCUT2D eigenvalue weighted by Crippen LogP contribution is -2.37. The summed E-state index contributed by atoms with van der Waals surface area (Å²) in [6, 6.07) is 9.04. The van der Waals surface area contributed by atoms with Crippen LogP contribution in [0, 0.1) is 5.92 Å². The molecule has 1 aliphatic carbocycles. The van der Waals surface area contributed by atoms with Gasteiger partial charge in [0, 0.05) is 52.0 Å². The van der Waals surface area contributed by atoms with E-state index in [4.69, 9.17) is 0 Å². The van der Waals surface area contributed by atoms with Crippen molar-refractivity contribution in [2.45, 2.75) is 51.6 Å². The highest BCUT2D eigenvalue weighted by molar-refractivity contribution is 5.91. The number of nitrogens with zero attached hydrogens (tertiary/aromatic N) is 4. The maximum atomic E-state index is 12.9. The summed E-state index contributed by atoms with van der Waals surface area (Å²) in [7, 11) is 1.86. The van der Waals surface area contributed by atoms with E-state index in [1.807, 2.05) is 23.0 Å². The second-order valence-corrected chi connectivity index (χ2v) is 8.50. The molecule has 0 bridgehead atoms. The third kappa shape index (κ3) is 4.69. The molecular formula is C23H30N4O2. The minimum Gasteiger partial charge on any atom is -0.343 e. The first-order valence-electron chi connectivity index (χ1n) is 10.6. The van der Waals surface area contributed by atoms with E-state index in [0.29, 0.717) is 24.3 Å². The summed E-state index contributed by atoms with van der Waals surface area (Å²) in [5.41, 5.74) is 2.50. The Bertz CT molecular complexity index is 861. The van der Waals surface area contributed by atoms with E-state index in [0.717, 1.165) is 50.8 Å². The molecule has 154 valence electrons. The molecule has 2 aliphatic rings. The molecule has 29 heavy (non-hydrogen) atoms. The van der Waals surface area contributed by atoms with Crippen LogP contribution >= 0.6 is 0 Å². The average Bonchev–Trinajstić information content (AvgIpc) is 3.47. The highest BCUT2D eigenvalue weighted by Gasteiger charge is 2.34. The van der Waals surface area contributed by atoms with Gasteiger partial charge in [-0.25, -0.2) is 4.98 Å². The molecule has 0 N–H and O–H groups in total. The van der Waals surface area contributed by atoms with E-state index >= 15 is 0 Å². The Kier molecular flexibility index (Phi) is 5.69. The smallest absolute Gasteiger partial charge is 0.290 e. The largest absolute Gasteiger partial charge is 0.343 e. The Morgan fingerprint density at radius 3 is 2.28 bits per heavy atom. The quantitative estimate of drug-likeness (QED) is 0.757. The molecule has 1 aromatic carbocycles. The van der Waals surface area contributed by atoms with Crippen LogP contribution in [0.15, 0.2) is 36.7 Å². The summed E-state index contributed by atoms with van der Waals surface area (Å²) in [4.78, 5) is 32.6. The van der Waals surface area contributed by atoms with Crippen LogP contribution in [0.1, 0.15) is 54.4 Å². The molecule has 0 spiro atoms. The van der Waals surface area contributed by atoms with Crippen molar-refractivity contribution in [3.63, 3.8) is 0 Å². The van der Waals surface area contributed by atoms with Gasteiger partial charge in [0.15, 0.2) is 5.82 Å². The summed E-state index contributed by atoms with van der Waals surface area (Å²) in [6.07, 6.45) is 8.86. The van der Waals surface area contributed by atoms with Crippen molar-refractivity contribution in [3.05, 3.63) is 53.6 Å². The van der Waals surface area contributed by atoms with Crippen molar-refractivity contribution < 1.29 is 9.59 Å². The molecule has 1 saturated heterocycles. The Hall–Kier alpha value is -2.63. The number of hydrogen-bond donors (Lipinski definition) is 0. The fourth-order valence-electron chi connectivity index (χ4n) is 4.22. The number of piperidine rings is 1. The van der Waals surface area contributed by atoms with Crippen LogP contribution in [-0.2, 0) is 24.8 Å². The number of rotatable bonds is 6. The Morgan fingerprint density at radius 1 is 1.07 bits per heavy atom. The zero-order chi connectivity index (χ0) is 20.4. The lowest BCUT2D eigenvalue weighted by molar-refractivity contribution is -0.130. The lowest BCUT2D eigenvalue weighted by Gasteiger charge is -2.31. The average molecular weight is 395 g/mol. The number of aromatic nitrogens is 2. The maximum Gasteiger partial charge on any atom is 0.290 e. The predicted molar refractivity (Wildman–Crippen MR) is 111 cm³/mol. The molecule has 1 aliphatic heterocycles. The maximum absolute atomic E-state index is 12.9. The fraction of sp³-hybridized carbons (Fsp3) is 0.522. The van der Waals surface area contributed by atoms with Crippen molar-refractivity contribution in [2.75, 3.05) is 13.1 Å². The number of likely N-dealkylation sites (tertiary alicyclic amines) is 1. The summed E-state index contributed by atoms with van der Waals surface area (Å²) in [5.74, 6) is 1.35. The SMILES string of the molecule is CC(=O)N1CCC(Cc2ccc(CN(C(=O)c3nccn3C)C3CC3)cc2)CC1. The third-order valence-electron chi connectivity index (χ3n) is 6.22. The number of imidazole rings is 1. The standard InChI is InChI=1S/C23H30N4O2/c1-17(28)26-12-9-19(10-13-26)15-18-3-5-20(6-4-18)16-27(21-7-8-21)23(29)22-24-11-14-25(22)2/h3-6,11,14,19,21H,7-10,12-13,15-16H2,1-2H3. The van der Waals surface area contributed by atoms with Crippen LogP contribution in [0.4, 0.5) is 0 Å². The third-order valence-corrected chi connectivity index (χ3v) is 6.22. The van der Waals surface area contributed by atoms with Crippen molar-refractivity contribution in [1.82, 2.24) is 19.4 Å². The van der Waals surface area contributed by atoms with Crippen LogP contribution in [0.5, 0.6) is 0 Å². The normalized spacial score (nSPS) is 17.4. The lowest BCUT2D eigenvalue weighted by atomic mass is 9.90. The first-order valence-corrected chi connectivity index (χ1v) is 10.6. The summed E-state index contributed by atoms with van der Waals surface area (Å²) < 4.78 is 1.79. The Morgan fingerprint density at radius 2 is 1.72 bits per heavy atom. The van der Waals surface area contributed by atoms with Gasteiger partial charge in [0.1, 0.15) is 0 Å². The van der Waals surface area contributed by atoms with Crippen LogP contribution in [-0.4, -0.2) is 50.3 Å². The summed E-state index contributed by atoms with van der Waals surface area (Å²) in [5, 5.41) is 0. The Balaban J connectivity index is 1.35. The van der Waals surface area contributed by atoms with Crippen LogP contribution in [0.25, 0.3) is 0 Å². The van der Waals surface area contributed by atoms with Crippen LogP contribution in [0.2, 0.25) is 0 Å². The van der Waals surface area contributed by atoms with Gasteiger partial charge in [-0.15, -0.1) is 0 Å². The molecule has 2 amide bonds. The zero-order valence-electron chi connectivity index (χ0n) is 17.4. The van der Waals surface area contributed by atoms with Crippen LogP contribution < -0.4 is 0 Å². The first-order chi connectivity index (χ1) is 14.0. The van der Waals surface area contributed by atoms with E-state index < -0.39 is 0 Å². The summed E-state index contributed by atoms with van der Waals surface area (Å²) >= 11 is 0. The number of hydrogen-bond acceptors (Lipinski definition) is 3. The molecule has 6 heteroatoms. The van der Waals surface area contributed by atoms with E-state index in [1.165, 1.54) is 5.56 Å². The topological polar surface area (TPSA) is 58.4 Å². The molecule has 0 atom stereocenters. The second-order valence-electron chi connectivity index (χ2n) is 8.50. The van der Waals surface area contributed by atoms with Gasteiger partial charge in [-0.3, -0.25) is 9.59 Å². The van der Waals surface area contributed by atoms with Crippen molar-refractivity contribution in [2.24, 2.45) is 13.0 Å². The molecule has 0 unspecified atom stereocenters. The molecule has 1 aromatic heterocycles. The minimum absolute atomic E-state index is 0.0151. The van der Waals surface area contributed by atoms with Gasteiger partial charge < -0.3 is 14.4 Å². The zero-order valence-corrected chi connectivity index (χ0v) is 17.4. The van der Waals surface area contributed by atoms with Crippen molar-refractivity contribution >= 4 is 11.8 Å². The molecule has 2 fully saturated rings. The number of carbonyl (C=O) groups excluding carboxylic acids is 2. The minimum atomic E-state index is 0.0151. The monoisotopic (exact) mass is 394 g/mol. The van der Waals surface area contributed by atoms with Gasteiger partial charge in [-0.2, -0.15) is 0 Å². The van der Waals surface area contributed by atoms with Gasteiger partial charge in [0.05, 0.1) is 0 Å². The number of benzene rings is 1. The predicted octanol–water partition coefficient (Wildman–Crippen LogP) is 3.03. The molecule has 6 nitrogen and oxygen atoms in total. The second kappa shape index (κ2) is 8.39. The fourth-order valence-corrected chi connectivity index (χ4v) is 4.22. The molecule has 2 heterocycles.